The Labute approximate surface area is 95.3 Å². The molecule has 0 radical (unpaired) electrons. The molecule has 1 aromatic heterocycles. The normalized spacial score (nSPS) is 10.1. The molecule has 0 fully saturated rings. The van der Waals surface area contributed by atoms with E-state index < -0.39 is 16.4 Å². The molecular weight excluding hydrogens is 226 g/mol. The van der Waals surface area contributed by atoms with E-state index in [9.17, 15) is 20.0 Å². The van der Waals surface area contributed by atoms with E-state index in [2.05, 4.69) is 0 Å². The van der Waals surface area contributed by atoms with Crippen molar-refractivity contribution >= 4 is 12.0 Å². The molecule has 0 aliphatic carbocycles. The maximum absolute atomic E-state index is 10.6. The SMILES string of the molecule is O=Cc1ccc(-c2ccc(O)c([N+](=O)[O-])c2)o1. The van der Waals surface area contributed by atoms with Gasteiger partial charge in [0.1, 0.15) is 5.76 Å². The highest BCUT2D eigenvalue weighted by atomic mass is 16.6. The van der Waals surface area contributed by atoms with Crippen molar-refractivity contribution in [3.63, 3.8) is 0 Å². The van der Waals surface area contributed by atoms with Crippen molar-refractivity contribution in [3.8, 4) is 17.1 Å². The highest BCUT2D eigenvalue weighted by molar-refractivity contribution is 5.73. The number of phenolic OH excluding ortho intramolecular Hbond substituents is 1. The summed E-state index contributed by atoms with van der Waals surface area (Å²) < 4.78 is 5.12. The molecule has 0 saturated heterocycles. The third-order valence-corrected chi connectivity index (χ3v) is 2.20. The van der Waals surface area contributed by atoms with Crippen molar-refractivity contribution < 1.29 is 19.2 Å². The van der Waals surface area contributed by atoms with Gasteiger partial charge in [-0.1, -0.05) is 0 Å². The zero-order valence-electron chi connectivity index (χ0n) is 8.49. The molecule has 1 heterocycles. The molecule has 0 aliphatic heterocycles. The van der Waals surface area contributed by atoms with Crippen LogP contribution in [-0.2, 0) is 0 Å². The standard InChI is InChI=1S/C11H7NO5/c13-6-8-2-4-11(17-8)7-1-3-10(14)9(5-7)12(15)16/h1-6,14H. The van der Waals surface area contributed by atoms with E-state index in [0.29, 0.717) is 17.6 Å². The van der Waals surface area contributed by atoms with Crippen LogP contribution in [0.2, 0.25) is 0 Å². The summed E-state index contributed by atoms with van der Waals surface area (Å²) in [5, 5.41) is 19.9. The first kappa shape index (κ1) is 10.9. The number of nitrogens with zero attached hydrogens (tertiary/aromatic N) is 1. The summed E-state index contributed by atoms with van der Waals surface area (Å²) in [6.45, 7) is 0. The average Bonchev–Trinajstić information content (AvgIpc) is 2.78. The van der Waals surface area contributed by atoms with Gasteiger partial charge in [0.05, 0.1) is 4.92 Å². The number of nitro groups is 1. The Kier molecular flexibility index (Phi) is 2.61. The molecule has 6 heteroatoms. The monoisotopic (exact) mass is 233 g/mol. The van der Waals surface area contributed by atoms with E-state index >= 15 is 0 Å². The number of carbonyl (C=O) groups is 1. The molecule has 0 aliphatic rings. The number of carbonyl (C=O) groups excluding carboxylic acids is 1. The van der Waals surface area contributed by atoms with Crippen LogP contribution in [0.5, 0.6) is 5.75 Å². The Morgan fingerprint density at radius 2 is 2.06 bits per heavy atom. The van der Waals surface area contributed by atoms with Crippen LogP contribution in [0.3, 0.4) is 0 Å². The Hall–Kier alpha value is -2.63. The lowest BCUT2D eigenvalue weighted by molar-refractivity contribution is -0.385. The second kappa shape index (κ2) is 4.09. The highest BCUT2D eigenvalue weighted by Crippen LogP contribution is 2.31. The smallest absolute Gasteiger partial charge is 0.311 e. The minimum Gasteiger partial charge on any atom is -0.502 e. The Morgan fingerprint density at radius 1 is 1.29 bits per heavy atom. The first-order valence-electron chi connectivity index (χ1n) is 4.64. The van der Waals surface area contributed by atoms with Crippen LogP contribution < -0.4 is 0 Å². The Bertz CT molecular complexity index is 587. The Morgan fingerprint density at radius 3 is 2.65 bits per heavy atom. The van der Waals surface area contributed by atoms with Crippen LogP contribution in [0.1, 0.15) is 10.6 Å². The van der Waals surface area contributed by atoms with Crippen molar-refractivity contribution in [3.05, 3.63) is 46.2 Å². The van der Waals surface area contributed by atoms with Gasteiger partial charge in [-0.15, -0.1) is 0 Å². The maximum Gasteiger partial charge on any atom is 0.311 e. The highest BCUT2D eigenvalue weighted by Gasteiger charge is 2.15. The minimum atomic E-state index is -0.692. The summed E-state index contributed by atoms with van der Waals surface area (Å²) in [4.78, 5) is 20.4. The number of aromatic hydroxyl groups is 1. The van der Waals surface area contributed by atoms with Crippen molar-refractivity contribution in [1.82, 2.24) is 0 Å². The molecule has 0 unspecified atom stereocenters. The first-order valence-corrected chi connectivity index (χ1v) is 4.64. The maximum atomic E-state index is 10.6. The molecule has 0 amide bonds. The number of phenols is 1. The van der Waals surface area contributed by atoms with E-state index in [0.717, 1.165) is 0 Å². The summed E-state index contributed by atoms with van der Waals surface area (Å²) in [5.41, 5.74) is 0.00848. The van der Waals surface area contributed by atoms with Crippen molar-refractivity contribution in [2.45, 2.75) is 0 Å². The molecule has 0 saturated carbocycles. The zero-order chi connectivity index (χ0) is 12.4. The number of aldehydes is 1. The second-order valence-corrected chi connectivity index (χ2v) is 3.28. The molecule has 0 atom stereocenters. The number of benzene rings is 1. The molecule has 86 valence electrons. The van der Waals surface area contributed by atoms with Gasteiger partial charge in [-0.25, -0.2) is 0 Å². The van der Waals surface area contributed by atoms with E-state index in [1.165, 1.54) is 30.3 Å². The lowest BCUT2D eigenvalue weighted by atomic mass is 10.1. The van der Waals surface area contributed by atoms with Crippen LogP contribution >= 0.6 is 0 Å². The molecule has 2 rings (SSSR count). The van der Waals surface area contributed by atoms with Crippen LogP contribution in [0.25, 0.3) is 11.3 Å². The lowest BCUT2D eigenvalue weighted by Gasteiger charge is -1.99. The number of hydrogen-bond donors (Lipinski definition) is 1. The second-order valence-electron chi connectivity index (χ2n) is 3.28. The summed E-state index contributed by atoms with van der Waals surface area (Å²) in [6.07, 6.45) is 0.540. The van der Waals surface area contributed by atoms with Crippen LogP contribution in [0.15, 0.2) is 34.7 Å². The third kappa shape index (κ3) is 2.00. The minimum absolute atomic E-state index is 0.135. The number of furan rings is 1. The number of rotatable bonds is 3. The largest absolute Gasteiger partial charge is 0.502 e. The first-order chi connectivity index (χ1) is 8.11. The summed E-state index contributed by atoms with van der Waals surface area (Å²) >= 11 is 0. The third-order valence-electron chi connectivity index (χ3n) is 2.20. The lowest BCUT2D eigenvalue weighted by Crippen LogP contribution is -1.88. The topological polar surface area (TPSA) is 93.6 Å². The zero-order valence-corrected chi connectivity index (χ0v) is 8.49. The quantitative estimate of drug-likeness (QED) is 0.499. The van der Waals surface area contributed by atoms with Gasteiger partial charge in [0.2, 0.25) is 0 Å². The molecular formula is C11H7NO5. The van der Waals surface area contributed by atoms with E-state index in [1.54, 1.807) is 0 Å². The van der Waals surface area contributed by atoms with Crippen LogP contribution in [0.4, 0.5) is 5.69 Å². The van der Waals surface area contributed by atoms with Crippen LogP contribution in [-0.4, -0.2) is 16.3 Å². The van der Waals surface area contributed by atoms with Crippen molar-refractivity contribution in [2.75, 3.05) is 0 Å². The predicted molar refractivity (Wildman–Crippen MR) is 57.9 cm³/mol. The molecule has 2 aromatic rings. The Balaban J connectivity index is 2.49. The fourth-order valence-electron chi connectivity index (χ4n) is 1.39. The summed E-state index contributed by atoms with van der Waals surface area (Å²) in [6, 6.07) is 6.84. The van der Waals surface area contributed by atoms with Gasteiger partial charge in [-0.3, -0.25) is 14.9 Å². The van der Waals surface area contributed by atoms with E-state index in [-0.39, 0.29) is 5.76 Å². The van der Waals surface area contributed by atoms with Gasteiger partial charge in [-0.2, -0.15) is 0 Å². The van der Waals surface area contributed by atoms with Gasteiger partial charge in [-0.05, 0) is 24.3 Å². The fourth-order valence-corrected chi connectivity index (χ4v) is 1.39. The van der Waals surface area contributed by atoms with Crippen molar-refractivity contribution in [1.29, 1.82) is 0 Å². The molecule has 17 heavy (non-hydrogen) atoms. The molecule has 1 aromatic carbocycles. The molecule has 0 spiro atoms. The van der Waals surface area contributed by atoms with Gasteiger partial charge in [0.15, 0.2) is 17.8 Å². The van der Waals surface area contributed by atoms with Gasteiger partial charge >= 0.3 is 5.69 Å². The van der Waals surface area contributed by atoms with E-state index in [4.69, 9.17) is 4.42 Å². The molecule has 1 N–H and O–H groups in total. The number of hydrogen-bond acceptors (Lipinski definition) is 5. The van der Waals surface area contributed by atoms with Gasteiger partial charge < -0.3 is 9.52 Å². The van der Waals surface area contributed by atoms with Gasteiger partial charge in [0.25, 0.3) is 0 Å². The predicted octanol–water partition coefficient (Wildman–Crippen LogP) is 2.37. The van der Waals surface area contributed by atoms with Gasteiger partial charge in [0, 0.05) is 11.6 Å². The fraction of sp³-hybridized carbons (Fsp3) is 0. The van der Waals surface area contributed by atoms with Crippen molar-refractivity contribution in [2.24, 2.45) is 0 Å². The average molecular weight is 233 g/mol. The molecule has 0 bridgehead atoms. The summed E-state index contributed by atoms with van der Waals surface area (Å²) in [5.74, 6) is 0.0480. The molecule has 6 nitrogen and oxygen atoms in total. The van der Waals surface area contributed by atoms with E-state index in [1.807, 2.05) is 0 Å². The summed E-state index contributed by atoms with van der Waals surface area (Å²) in [7, 11) is 0. The van der Waals surface area contributed by atoms with Crippen LogP contribution in [0, 0.1) is 10.1 Å². The number of nitro benzene ring substituents is 1.